The Morgan fingerprint density at radius 2 is 2.03 bits per heavy atom. The molecule has 2 fully saturated rings. The molecule has 3 aromatic rings. The number of aromatic nitrogens is 3. The van der Waals surface area contributed by atoms with Crippen molar-refractivity contribution >= 4 is 44.3 Å². The molecule has 1 aliphatic carbocycles. The lowest BCUT2D eigenvalue weighted by atomic mass is 10.1. The summed E-state index contributed by atoms with van der Waals surface area (Å²) < 4.78 is 1.52. The van der Waals surface area contributed by atoms with E-state index < -0.39 is 4.87 Å². The summed E-state index contributed by atoms with van der Waals surface area (Å²) in [6.07, 6.45) is 3.29. The Hall–Kier alpha value is -2.45. The molecular formula is C22H24ClN5O2S. The number of thiazole rings is 1. The summed E-state index contributed by atoms with van der Waals surface area (Å²) in [6.45, 7) is 2.71. The smallest absolute Gasteiger partial charge is 0.280 e. The van der Waals surface area contributed by atoms with Crippen LogP contribution in [0.25, 0.3) is 10.3 Å². The van der Waals surface area contributed by atoms with E-state index in [9.17, 15) is 9.59 Å². The molecule has 1 N–H and O–H groups in total. The van der Waals surface area contributed by atoms with E-state index in [0.29, 0.717) is 21.3 Å². The topological polar surface area (TPSA) is 80.1 Å². The summed E-state index contributed by atoms with van der Waals surface area (Å²) in [5.41, 5.74) is 1.22. The third-order valence-electron chi connectivity index (χ3n) is 6.18. The van der Waals surface area contributed by atoms with Gasteiger partial charge in [0.1, 0.15) is 16.7 Å². The van der Waals surface area contributed by atoms with Gasteiger partial charge in [0.05, 0.1) is 6.04 Å². The van der Waals surface area contributed by atoms with Gasteiger partial charge in [0.25, 0.3) is 5.56 Å². The fourth-order valence-electron chi connectivity index (χ4n) is 4.20. The van der Waals surface area contributed by atoms with Crippen LogP contribution in [0.3, 0.4) is 0 Å². The summed E-state index contributed by atoms with van der Waals surface area (Å²) >= 11 is 7.91. The molecule has 0 bridgehead atoms. The molecule has 7 nitrogen and oxygen atoms in total. The van der Waals surface area contributed by atoms with Crippen LogP contribution in [0.15, 0.2) is 35.1 Å². The van der Waals surface area contributed by atoms with Crippen molar-refractivity contribution in [3.63, 3.8) is 0 Å². The molecule has 2 aliphatic rings. The van der Waals surface area contributed by atoms with Crippen LogP contribution in [0.1, 0.15) is 50.0 Å². The molecule has 1 unspecified atom stereocenters. The Bertz CT molecular complexity index is 1200. The fourth-order valence-corrected chi connectivity index (χ4v) is 5.47. The van der Waals surface area contributed by atoms with Crippen molar-refractivity contribution in [3.05, 3.63) is 52.1 Å². The molecule has 0 spiro atoms. The van der Waals surface area contributed by atoms with Gasteiger partial charge in [-0.1, -0.05) is 41.7 Å². The van der Waals surface area contributed by atoms with Gasteiger partial charge in [0, 0.05) is 13.6 Å². The van der Waals surface area contributed by atoms with Crippen LogP contribution in [0.4, 0.5) is 5.13 Å². The number of halogens is 1. The molecule has 2 aromatic heterocycles. The van der Waals surface area contributed by atoms with Crippen LogP contribution in [-0.4, -0.2) is 33.0 Å². The molecule has 3 heterocycles. The molecule has 1 aromatic carbocycles. The monoisotopic (exact) mass is 457 g/mol. The van der Waals surface area contributed by atoms with E-state index in [4.69, 9.17) is 11.6 Å². The second-order valence-corrected chi connectivity index (χ2v) is 10.1. The zero-order valence-electron chi connectivity index (χ0n) is 17.5. The average molecular weight is 458 g/mol. The first-order chi connectivity index (χ1) is 14.9. The molecule has 1 saturated carbocycles. The first kappa shape index (κ1) is 20.5. The van der Waals surface area contributed by atoms with Gasteiger partial charge in [-0.05, 0) is 38.2 Å². The van der Waals surface area contributed by atoms with Gasteiger partial charge in [-0.3, -0.25) is 14.2 Å². The fraction of sp³-hybridized carbons (Fsp3) is 0.455. The van der Waals surface area contributed by atoms with Crippen LogP contribution < -0.4 is 15.8 Å². The van der Waals surface area contributed by atoms with E-state index >= 15 is 0 Å². The van der Waals surface area contributed by atoms with Crippen molar-refractivity contribution in [1.29, 1.82) is 0 Å². The summed E-state index contributed by atoms with van der Waals surface area (Å²) in [5, 5.41) is 3.79. The number of rotatable bonds is 5. The van der Waals surface area contributed by atoms with Crippen molar-refractivity contribution in [2.24, 2.45) is 7.05 Å². The second-order valence-electron chi connectivity index (χ2n) is 8.41. The number of fused-ring (bicyclic) bond motifs is 1. The lowest BCUT2D eigenvalue weighted by molar-refractivity contribution is -0.122. The molecule has 162 valence electrons. The van der Waals surface area contributed by atoms with E-state index in [1.165, 1.54) is 15.9 Å². The van der Waals surface area contributed by atoms with Crippen LogP contribution in [0.2, 0.25) is 0 Å². The number of hydrogen-bond donors (Lipinski definition) is 1. The highest BCUT2D eigenvalue weighted by atomic mass is 35.5. The molecule has 1 aliphatic heterocycles. The zero-order valence-corrected chi connectivity index (χ0v) is 19.0. The number of carbonyl (C=O) groups is 1. The number of hydrogen-bond acceptors (Lipinski definition) is 6. The lowest BCUT2D eigenvalue weighted by Crippen LogP contribution is -2.44. The number of amides is 1. The van der Waals surface area contributed by atoms with E-state index in [2.05, 4.69) is 15.3 Å². The van der Waals surface area contributed by atoms with E-state index in [1.807, 2.05) is 42.2 Å². The summed E-state index contributed by atoms with van der Waals surface area (Å²) in [4.78, 5) is 37.3. The maximum absolute atomic E-state index is 13.1. The van der Waals surface area contributed by atoms with Gasteiger partial charge in [-0.2, -0.15) is 0 Å². The first-order valence-electron chi connectivity index (χ1n) is 10.6. The van der Waals surface area contributed by atoms with E-state index in [1.54, 1.807) is 7.05 Å². The normalized spacial score (nSPS) is 20.7. The molecule has 9 heteroatoms. The Kier molecular flexibility index (Phi) is 5.01. The number of alkyl halides is 1. The molecule has 31 heavy (non-hydrogen) atoms. The number of benzene rings is 1. The lowest BCUT2D eigenvalue weighted by Gasteiger charge is -2.25. The summed E-state index contributed by atoms with van der Waals surface area (Å²) in [7, 11) is 1.70. The maximum atomic E-state index is 13.1. The van der Waals surface area contributed by atoms with Crippen molar-refractivity contribution in [1.82, 2.24) is 19.9 Å². The van der Waals surface area contributed by atoms with Gasteiger partial charge < -0.3 is 10.2 Å². The van der Waals surface area contributed by atoms with E-state index in [-0.39, 0.29) is 23.6 Å². The number of anilines is 1. The van der Waals surface area contributed by atoms with Crippen LogP contribution in [0, 0.1) is 0 Å². The average Bonchev–Trinajstić information content (AvgIpc) is 3.18. The summed E-state index contributed by atoms with van der Waals surface area (Å²) in [6, 6.07) is 9.52. The zero-order chi connectivity index (χ0) is 21.8. The first-order valence-corrected chi connectivity index (χ1v) is 11.8. The van der Waals surface area contributed by atoms with Crippen LogP contribution in [0.5, 0.6) is 0 Å². The third kappa shape index (κ3) is 3.61. The third-order valence-corrected chi connectivity index (χ3v) is 7.71. The van der Waals surface area contributed by atoms with Crippen molar-refractivity contribution < 1.29 is 4.79 Å². The van der Waals surface area contributed by atoms with Gasteiger partial charge in [0.15, 0.2) is 15.5 Å². The van der Waals surface area contributed by atoms with Gasteiger partial charge in [0.2, 0.25) is 5.91 Å². The van der Waals surface area contributed by atoms with Gasteiger partial charge in [-0.15, -0.1) is 11.6 Å². The van der Waals surface area contributed by atoms with Crippen molar-refractivity contribution in [2.75, 3.05) is 11.4 Å². The summed E-state index contributed by atoms with van der Waals surface area (Å²) in [5.74, 6) is 0.585. The number of nitrogens with one attached hydrogen (secondary N) is 1. The van der Waals surface area contributed by atoms with Crippen LogP contribution in [-0.2, 0) is 16.7 Å². The van der Waals surface area contributed by atoms with Gasteiger partial charge >= 0.3 is 0 Å². The predicted molar refractivity (Wildman–Crippen MR) is 123 cm³/mol. The van der Waals surface area contributed by atoms with Crippen molar-refractivity contribution in [3.8, 4) is 0 Å². The second kappa shape index (κ2) is 7.60. The molecule has 0 radical (unpaired) electrons. The molecular weight excluding hydrogens is 434 g/mol. The molecule has 2 atom stereocenters. The number of nitrogens with zero attached hydrogens (tertiary/aromatic N) is 4. The molecule has 5 rings (SSSR count). The van der Waals surface area contributed by atoms with E-state index in [0.717, 1.165) is 37.8 Å². The minimum absolute atomic E-state index is 0.0210. The van der Waals surface area contributed by atoms with Gasteiger partial charge in [-0.25, -0.2) is 9.97 Å². The Labute approximate surface area is 189 Å². The Morgan fingerprint density at radius 3 is 2.74 bits per heavy atom. The highest BCUT2D eigenvalue weighted by Crippen LogP contribution is 2.51. The molecule has 1 amide bonds. The van der Waals surface area contributed by atoms with Crippen molar-refractivity contribution in [2.45, 2.75) is 49.6 Å². The van der Waals surface area contributed by atoms with Crippen LogP contribution >= 0.6 is 22.9 Å². The standard InChI is InChI=1S/C22H24ClN5O2S/c1-13(14-7-4-3-5-8-14)24-17(29)15-9-6-12-28(15)21-25-16-18(31-21)26-20(22(23)10-11-22)27(2)19(16)30/h3-5,7-8,13,15H,6,9-12H2,1-2H3,(H,24,29)/t13-,15?/m1/s1. The minimum atomic E-state index is -0.532. The minimum Gasteiger partial charge on any atom is -0.348 e. The number of carbonyl (C=O) groups excluding carboxylic acids is 1. The predicted octanol–water partition coefficient (Wildman–Crippen LogP) is 3.46. The maximum Gasteiger partial charge on any atom is 0.280 e. The SMILES string of the molecule is C[C@@H](NC(=O)C1CCCN1c1nc2c(=O)n(C)c(C3(Cl)CC3)nc2s1)c1ccccc1. The Balaban J connectivity index is 1.42. The molecule has 1 saturated heterocycles. The Morgan fingerprint density at radius 1 is 1.29 bits per heavy atom. The highest BCUT2D eigenvalue weighted by molar-refractivity contribution is 7.21. The largest absolute Gasteiger partial charge is 0.348 e. The highest BCUT2D eigenvalue weighted by Gasteiger charge is 2.46. The quantitative estimate of drug-likeness (QED) is 0.593.